The largest absolute Gasteiger partial charge is 0.314 e. The zero-order chi connectivity index (χ0) is 14.7. The number of hydrogen-bond acceptors (Lipinski definition) is 2. The first kappa shape index (κ1) is 15.8. The van der Waals surface area contributed by atoms with Crippen molar-refractivity contribution in [2.24, 2.45) is 5.92 Å². The van der Waals surface area contributed by atoms with E-state index in [1.165, 1.54) is 18.4 Å². The lowest BCUT2D eigenvalue weighted by molar-refractivity contribution is 0.149. The van der Waals surface area contributed by atoms with Crippen molar-refractivity contribution in [2.45, 2.75) is 51.7 Å². The van der Waals surface area contributed by atoms with Crippen LogP contribution in [0.4, 0.5) is 0 Å². The summed E-state index contributed by atoms with van der Waals surface area (Å²) in [6, 6.07) is 9.91. The molecule has 0 heterocycles. The third-order valence-corrected chi connectivity index (χ3v) is 4.95. The minimum atomic E-state index is 0.382. The van der Waals surface area contributed by atoms with Gasteiger partial charge >= 0.3 is 0 Å². The number of rotatable bonds is 7. The van der Waals surface area contributed by atoms with Crippen molar-refractivity contribution < 1.29 is 0 Å². The summed E-state index contributed by atoms with van der Waals surface area (Å²) in [5.74, 6) is 0.641. The van der Waals surface area contributed by atoms with Gasteiger partial charge in [-0.1, -0.05) is 30.7 Å². The van der Waals surface area contributed by atoms with E-state index in [0.29, 0.717) is 18.0 Å². The van der Waals surface area contributed by atoms with E-state index < -0.39 is 0 Å². The fraction of sp³-hybridized carbons (Fsp3) is 0.647. The highest BCUT2D eigenvalue weighted by molar-refractivity contribution is 6.30. The van der Waals surface area contributed by atoms with E-state index in [4.69, 9.17) is 11.6 Å². The second-order valence-electron chi connectivity index (χ2n) is 6.30. The summed E-state index contributed by atoms with van der Waals surface area (Å²) in [5.41, 5.74) is 1.29. The Hall–Kier alpha value is -0.570. The molecule has 112 valence electrons. The Morgan fingerprint density at radius 1 is 1.30 bits per heavy atom. The van der Waals surface area contributed by atoms with E-state index in [2.05, 4.69) is 50.2 Å². The number of nitrogens with zero attached hydrogens (tertiary/aromatic N) is 1. The molecule has 20 heavy (non-hydrogen) atoms. The van der Waals surface area contributed by atoms with Crippen LogP contribution in [0.3, 0.4) is 0 Å². The highest BCUT2D eigenvalue weighted by atomic mass is 35.5. The highest BCUT2D eigenvalue weighted by Crippen LogP contribution is 2.26. The predicted octanol–water partition coefficient (Wildman–Crippen LogP) is 4.11. The van der Waals surface area contributed by atoms with E-state index in [9.17, 15) is 0 Å². The van der Waals surface area contributed by atoms with Gasteiger partial charge in [-0.3, -0.25) is 4.90 Å². The molecule has 1 fully saturated rings. The van der Waals surface area contributed by atoms with E-state index >= 15 is 0 Å². The molecule has 1 saturated carbocycles. The molecule has 1 aromatic rings. The maximum Gasteiger partial charge on any atom is 0.0409 e. The van der Waals surface area contributed by atoms with Crippen LogP contribution in [0.1, 0.15) is 45.2 Å². The summed E-state index contributed by atoms with van der Waals surface area (Å²) in [7, 11) is 2.21. The average molecular weight is 295 g/mol. The molecule has 0 saturated heterocycles. The molecule has 3 atom stereocenters. The van der Waals surface area contributed by atoms with Gasteiger partial charge in [0.15, 0.2) is 0 Å². The van der Waals surface area contributed by atoms with Crippen molar-refractivity contribution in [3.63, 3.8) is 0 Å². The van der Waals surface area contributed by atoms with Crippen LogP contribution in [-0.2, 0) is 0 Å². The van der Waals surface area contributed by atoms with Crippen LogP contribution in [0.5, 0.6) is 0 Å². The first-order valence-electron chi connectivity index (χ1n) is 7.69. The number of nitrogens with one attached hydrogen (secondary N) is 1. The lowest BCUT2D eigenvalue weighted by atomic mass is 9.98. The number of halogens is 1. The van der Waals surface area contributed by atoms with E-state index in [0.717, 1.165) is 17.6 Å². The molecule has 0 spiro atoms. The van der Waals surface area contributed by atoms with Gasteiger partial charge in [-0.05, 0) is 63.9 Å². The molecule has 2 nitrogen and oxygen atoms in total. The molecule has 1 N–H and O–H groups in total. The summed E-state index contributed by atoms with van der Waals surface area (Å²) >= 11 is 6.10. The van der Waals surface area contributed by atoms with Gasteiger partial charge < -0.3 is 5.32 Å². The van der Waals surface area contributed by atoms with Crippen LogP contribution in [0.15, 0.2) is 24.3 Å². The van der Waals surface area contributed by atoms with Crippen LogP contribution >= 0.6 is 11.6 Å². The number of benzene rings is 1. The van der Waals surface area contributed by atoms with Gasteiger partial charge in [0.2, 0.25) is 0 Å². The lowest BCUT2D eigenvalue weighted by Crippen LogP contribution is -2.40. The van der Waals surface area contributed by atoms with Gasteiger partial charge in [-0.15, -0.1) is 0 Å². The molecular formula is C17H27ClN2. The third kappa shape index (κ3) is 4.21. The topological polar surface area (TPSA) is 15.3 Å². The minimum absolute atomic E-state index is 0.382. The van der Waals surface area contributed by atoms with E-state index in [-0.39, 0.29) is 0 Å². The molecule has 3 heteroatoms. The maximum atomic E-state index is 6.10. The molecular weight excluding hydrogens is 268 g/mol. The maximum absolute atomic E-state index is 6.10. The SMILES string of the molecule is CC(CNC1CC1)C(C)N(C)C(C)c1cccc(Cl)c1. The lowest BCUT2D eigenvalue weighted by Gasteiger charge is -2.35. The van der Waals surface area contributed by atoms with E-state index in [1.807, 2.05) is 12.1 Å². The summed E-state index contributed by atoms with van der Waals surface area (Å²) in [4.78, 5) is 2.45. The normalized spacial score (nSPS) is 19.9. The van der Waals surface area contributed by atoms with Gasteiger partial charge in [0, 0.05) is 23.1 Å². The molecule has 1 aliphatic carbocycles. The molecule has 0 bridgehead atoms. The predicted molar refractivity (Wildman–Crippen MR) is 87.3 cm³/mol. The number of hydrogen-bond donors (Lipinski definition) is 1. The fourth-order valence-electron chi connectivity index (χ4n) is 2.57. The zero-order valence-electron chi connectivity index (χ0n) is 13.1. The summed E-state index contributed by atoms with van der Waals surface area (Å²) < 4.78 is 0. The highest BCUT2D eigenvalue weighted by Gasteiger charge is 2.25. The Morgan fingerprint density at radius 2 is 2.00 bits per heavy atom. The Labute approximate surface area is 128 Å². The van der Waals surface area contributed by atoms with Gasteiger partial charge in [0.1, 0.15) is 0 Å². The molecule has 3 unspecified atom stereocenters. The molecule has 0 aromatic heterocycles. The first-order valence-corrected chi connectivity index (χ1v) is 8.07. The van der Waals surface area contributed by atoms with Crippen molar-refractivity contribution in [1.82, 2.24) is 10.2 Å². The van der Waals surface area contributed by atoms with Gasteiger partial charge in [0.25, 0.3) is 0 Å². The van der Waals surface area contributed by atoms with Crippen LogP contribution in [0, 0.1) is 5.92 Å². The molecule has 0 aliphatic heterocycles. The fourth-order valence-corrected chi connectivity index (χ4v) is 2.77. The smallest absolute Gasteiger partial charge is 0.0409 e. The summed E-state index contributed by atoms with van der Waals surface area (Å²) in [5, 5.41) is 4.45. The van der Waals surface area contributed by atoms with Gasteiger partial charge in [-0.2, -0.15) is 0 Å². The molecule has 1 aromatic carbocycles. The third-order valence-electron chi connectivity index (χ3n) is 4.71. The Kier molecular flexibility index (Phi) is 5.48. The summed E-state index contributed by atoms with van der Waals surface area (Å²) in [6.07, 6.45) is 2.71. The van der Waals surface area contributed by atoms with Gasteiger partial charge in [0.05, 0.1) is 0 Å². The van der Waals surface area contributed by atoms with Crippen molar-refractivity contribution in [3.05, 3.63) is 34.9 Å². The van der Waals surface area contributed by atoms with Crippen LogP contribution in [0.2, 0.25) is 5.02 Å². The Morgan fingerprint density at radius 3 is 2.60 bits per heavy atom. The quantitative estimate of drug-likeness (QED) is 0.814. The van der Waals surface area contributed by atoms with Crippen molar-refractivity contribution in [1.29, 1.82) is 0 Å². The zero-order valence-corrected chi connectivity index (χ0v) is 13.8. The standard InChI is InChI=1S/C17H27ClN2/c1-12(11-19-17-8-9-17)13(2)20(4)14(3)15-6-5-7-16(18)10-15/h5-7,10,12-14,17,19H,8-9,11H2,1-4H3. The Bertz CT molecular complexity index is 431. The van der Waals surface area contributed by atoms with Crippen LogP contribution < -0.4 is 5.32 Å². The second-order valence-corrected chi connectivity index (χ2v) is 6.73. The monoisotopic (exact) mass is 294 g/mol. The average Bonchev–Trinajstić information content (AvgIpc) is 3.26. The summed E-state index contributed by atoms with van der Waals surface area (Å²) in [6.45, 7) is 8.02. The second kappa shape index (κ2) is 6.93. The van der Waals surface area contributed by atoms with Crippen molar-refractivity contribution in [3.8, 4) is 0 Å². The molecule has 1 aliphatic rings. The van der Waals surface area contributed by atoms with Crippen molar-refractivity contribution >= 4 is 11.6 Å². The minimum Gasteiger partial charge on any atom is -0.314 e. The molecule has 0 radical (unpaired) electrons. The Balaban J connectivity index is 1.92. The van der Waals surface area contributed by atoms with Crippen LogP contribution in [-0.4, -0.2) is 30.6 Å². The van der Waals surface area contributed by atoms with E-state index in [1.54, 1.807) is 0 Å². The first-order chi connectivity index (χ1) is 9.49. The molecule has 2 rings (SSSR count). The van der Waals surface area contributed by atoms with Crippen molar-refractivity contribution in [2.75, 3.05) is 13.6 Å². The van der Waals surface area contributed by atoms with Crippen LogP contribution in [0.25, 0.3) is 0 Å². The molecule has 0 amide bonds. The van der Waals surface area contributed by atoms with Gasteiger partial charge in [-0.25, -0.2) is 0 Å².